The fourth-order valence-electron chi connectivity index (χ4n) is 0. The van der Waals surface area contributed by atoms with Crippen LogP contribution in [0.2, 0.25) is 0 Å². The Bertz CT molecular complexity index is 6.00. The van der Waals surface area contributed by atoms with Crippen LogP contribution < -0.4 is 0 Å². The summed E-state index contributed by atoms with van der Waals surface area (Å²) in [4.78, 5) is 0. The van der Waals surface area contributed by atoms with Crippen molar-refractivity contribution in [1.82, 2.24) is 0 Å². The zero-order chi connectivity index (χ0) is 0. The van der Waals surface area contributed by atoms with Gasteiger partial charge in [0.1, 0.15) is 0 Å². The SMILES string of the molecule is [Ag].[Sn].[Sn].[Zn]. The van der Waals surface area contributed by atoms with Crippen molar-refractivity contribution in [2.75, 3.05) is 0 Å². The Morgan fingerprint density at radius 3 is 0.750 bits per heavy atom. The molecule has 0 bridgehead atoms. The van der Waals surface area contributed by atoms with Crippen molar-refractivity contribution >= 4 is 47.8 Å². The van der Waals surface area contributed by atoms with E-state index in [-0.39, 0.29) is 89.7 Å². The zero-order valence-corrected chi connectivity index (χ0v) is 12.2. The summed E-state index contributed by atoms with van der Waals surface area (Å²) >= 11 is 0. The van der Waals surface area contributed by atoms with Gasteiger partial charge in [-0.15, -0.1) is 0 Å². The Balaban J connectivity index is 0. The molecule has 0 unspecified atom stereocenters. The molecule has 4 heavy (non-hydrogen) atoms. The maximum absolute atomic E-state index is 0. The summed E-state index contributed by atoms with van der Waals surface area (Å²) in [5.74, 6) is 0. The molecule has 21 valence electrons. The van der Waals surface area contributed by atoms with Crippen LogP contribution in [-0.4, -0.2) is 47.8 Å². The predicted octanol–water partition coefficient (Wildman–Crippen LogP) is -0.767. The van der Waals surface area contributed by atoms with Crippen LogP contribution in [0.15, 0.2) is 0 Å². The van der Waals surface area contributed by atoms with Crippen molar-refractivity contribution in [2.24, 2.45) is 0 Å². The second-order valence-electron chi connectivity index (χ2n) is 0. The van der Waals surface area contributed by atoms with Gasteiger partial charge >= 0.3 is 0 Å². The molecule has 0 fully saturated rings. The van der Waals surface area contributed by atoms with E-state index in [1.165, 1.54) is 0 Å². The molecule has 0 amide bonds. The van der Waals surface area contributed by atoms with Gasteiger partial charge in [-0.05, 0) is 0 Å². The van der Waals surface area contributed by atoms with Gasteiger partial charge in [-0.3, -0.25) is 0 Å². The third-order valence-electron chi connectivity index (χ3n) is 0. The normalized spacial score (nSPS) is 0. The van der Waals surface area contributed by atoms with Crippen molar-refractivity contribution < 1.29 is 41.9 Å². The summed E-state index contributed by atoms with van der Waals surface area (Å²) in [5, 5.41) is 0. The molecule has 0 aromatic rings. The molecule has 4 heteroatoms. The van der Waals surface area contributed by atoms with Gasteiger partial charge < -0.3 is 0 Å². The average Bonchev–Trinajstić information content (AvgIpc) is 0. The Kier molecular flexibility index (Phi) is 118. The van der Waals surface area contributed by atoms with E-state index in [4.69, 9.17) is 0 Å². The summed E-state index contributed by atoms with van der Waals surface area (Å²) < 4.78 is 0. The van der Waals surface area contributed by atoms with E-state index in [0.29, 0.717) is 0 Å². The topological polar surface area (TPSA) is 0 Å². The van der Waals surface area contributed by atoms with Gasteiger partial charge in [-0.2, -0.15) is 0 Å². The summed E-state index contributed by atoms with van der Waals surface area (Å²) in [6, 6.07) is 0. The minimum absolute atomic E-state index is 0. The number of hydrogen-bond acceptors (Lipinski definition) is 0. The molecule has 0 saturated carbocycles. The van der Waals surface area contributed by atoms with Crippen molar-refractivity contribution in [3.63, 3.8) is 0 Å². The first-order chi connectivity index (χ1) is 0. The smallest absolute Gasteiger partial charge is 0 e. The molecule has 0 heterocycles. The van der Waals surface area contributed by atoms with Gasteiger partial charge in [0.05, 0.1) is 0 Å². The molecule has 9 radical (unpaired) electrons. The van der Waals surface area contributed by atoms with Crippen molar-refractivity contribution in [3.05, 3.63) is 0 Å². The van der Waals surface area contributed by atoms with Crippen molar-refractivity contribution in [3.8, 4) is 0 Å². The Morgan fingerprint density at radius 1 is 0.750 bits per heavy atom. The second kappa shape index (κ2) is 16.7. The van der Waals surface area contributed by atoms with Crippen LogP contribution in [0, 0.1) is 0 Å². The Labute approximate surface area is 88.0 Å². The van der Waals surface area contributed by atoms with E-state index in [1.807, 2.05) is 0 Å². The third-order valence-corrected chi connectivity index (χ3v) is 0. The van der Waals surface area contributed by atoms with E-state index in [0.717, 1.165) is 0 Å². The third kappa shape index (κ3) is 8.88. The molecule has 0 aliphatic carbocycles. The van der Waals surface area contributed by atoms with Gasteiger partial charge in [0, 0.05) is 89.7 Å². The number of rotatable bonds is 0. The largest absolute Gasteiger partial charge is 0 e. The first kappa shape index (κ1) is 28.2. The summed E-state index contributed by atoms with van der Waals surface area (Å²) in [6.07, 6.45) is 0. The molecule has 0 N–H and O–H groups in total. The van der Waals surface area contributed by atoms with E-state index < -0.39 is 0 Å². The molecule has 0 aromatic carbocycles. The molecule has 0 rings (SSSR count). The van der Waals surface area contributed by atoms with Gasteiger partial charge in [0.15, 0.2) is 0 Å². The minimum Gasteiger partial charge on any atom is 0 e. The summed E-state index contributed by atoms with van der Waals surface area (Å²) in [7, 11) is 0. The molecular weight excluding hydrogens is 411 g/mol. The quantitative estimate of drug-likeness (QED) is 0.460. The predicted molar refractivity (Wildman–Crippen MR) is 11.5 cm³/mol. The van der Waals surface area contributed by atoms with Crippen LogP contribution in [-0.2, 0) is 41.9 Å². The maximum Gasteiger partial charge on any atom is 0 e. The zero-order valence-electron chi connectivity index (χ0n) is 2.01. The van der Waals surface area contributed by atoms with Gasteiger partial charge in [-0.1, -0.05) is 0 Å². The van der Waals surface area contributed by atoms with E-state index in [2.05, 4.69) is 0 Å². The van der Waals surface area contributed by atoms with E-state index in [9.17, 15) is 0 Å². The van der Waals surface area contributed by atoms with Crippen LogP contribution in [0.3, 0.4) is 0 Å². The average molecular weight is 411 g/mol. The fourth-order valence-corrected chi connectivity index (χ4v) is 0. The number of hydrogen-bond donors (Lipinski definition) is 0. The summed E-state index contributed by atoms with van der Waals surface area (Å²) in [6.45, 7) is 0. The van der Waals surface area contributed by atoms with Crippen molar-refractivity contribution in [2.45, 2.75) is 0 Å². The van der Waals surface area contributed by atoms with E-state index >= 15 is 0 Å². The molecule has 0 spiro atoms. The van der Waals surface area contributed by atoms with Crippen LogP contribution in [0.25, 0.3) is 0 Å². The van der Waals surface area contributed by atoms with Gasteiger partial charge in [-0.25, -0.2) is 0 Å². The van der Waals surface area contributed by atoms with E-state index in [1.54, 1.807) is 0 Å². The molecule has 0 saturated heterocycles. The fraction of sp³-hybridized carbons (Fsp3) is 0. The standard InChI is InChI=1S/Ag.2Sn.Zn. The van der Waals surface area contributed by atoms with Crippen LogP contribution >= 0.6 is 0 Å². The van der Waals surface area contributed by atoms with Gasteiger partial charge in [0.25, 0.3) is 0 Å². The molecule has 0 aromatic heterocycles. The van der Waals surface area contributed by atoms with Crippen LogP contribution in [0.1, 0.15) is 0 Å². The van der Waals surface area contributed by atoms with Crippen LogP contribution in [0.4, 0.5) is 0 Å². The molecule has 0 aliphatic rings. The first-order valence-electron chi connectivity index (χ1n) is 0. The Hall–Kier alpha value is 2.96. The molecule has 0 aliphatic heterocycles. The van der Waals surface area contributed by atoms with Crippen LogP contribution in [0.5, 0.6) is 0 Å². The minimum atomic E-state index is 0. The first-order valence-corrected chi connectivity index (χ1v) is 0. The van der Waals surface area contributed by atoms with Crippen molar-refractivity contribution in [1.29, 1.82) is 0 Å². The molecular formula is AgSn2Zn. The second-order valence-corrected chi connectivity index (χ2v) is 0. The molecule has 0 atom stereocenters. The van der Waals surface area contributed by atoms with Gasteiger partial charge in [0.2, 0.25) is 0 Å². The summed E-state index contributed by atoms with van der Waals surface area (Å²) in [5.41, 5.74) is 0. The molecule has 0 nitrogen and oxygen atoms in total. The Morgan fingerprint density at radius 2 is 0.750 bits per heavy atom. The maximum atomic E-state index is 0. The monoisotopic (exact) mass is 411 g/mol.